The van der Waals surface area contributed by atoms with E-state index in [2.05, 4.69) is 35.2 Å². The van der Waals surface area contributed by atoms with Gasteiger partial charge in [0.05, 0.1) is 41.1 Å². The second kappa shape index (κ2) is 10.6. The van der Waals surface area contributed by atoms with Crippen LogP contribution in [0.1, 0.15) is 69.8 Å². The van der Waals surface area contributed by atoms with E-state index in [-0.39, 0.29) is 51.9 Å². The molecule has 0 saturated heterocycles. The highest BCUT2D eigenvalue weighted by Gasteiger charge is 2.30. The number of aromatic nitrogens is 7. The highest BCUT2D eigenvalue weighted by atomic mass is 32.2. The highest BCUT2D eigenvalue weighted by Crippen LogP contribution is 2.41. The van der Waals surface area contributed by atoms with Gasteiger partial charge in [0, 0.05) is 18.2 Å². The maximum Gasteiger partial charge on any atom is 0.295 e. The lowest BCUT2D eigenvalue weighted by Crippen LogP contribution is -2.29. The summed E-state index contributed by atoms with van der Waals surface area (Å²) in [5, 5.41) is 3.04. The van der Waals surface area contributed by atoms with Gasteiger partial charge in [-0.3, -0.25) is 19.1 Å². The molecule has 39 heavy (non-hydrogen) atoms. The van der Waals surface area contributed by atoms with Crippen molar-refractivity contribution in [3.05, 3.63) is 62.9 Å². The molecule has 12 nitrogen and oxygen atoms in total. The Morgan fingerprint density at radius 3 is 2.56 bits per heavy atom. The molecule has 1 atom stereocenters. The van der Waals surface area contributed by atoms with Gasteiger partial charge in [-0.25, -0.2) is 28.4 Å². The first kappa shape index (κ1) is 26.6. The minimum atomic E-state index is -3.35. The molecule has 5 rings (SSSR count). The van der Waals surface area contributed by atoms with Crippen molar-refractivity contribution in [3.8, 4) is 11.4 Å². The average molecular weight is 551 g/mol. The molecule has 0 unspecified atom stereocenters. The van der Waals surface area contributed by atoms with Crippen molar-refractivity contribution in [2.75, 3.05) is 11.1 Å². The quantitative estimate of drug-likeness (QED) is 0.300. The summed E-state index contributed by atoms with van der Waals surface area (Å²) in [5.74, 6) is 0.511. The van der Waals surface area contributed by atoms with Crippen LogP contribution in [0.4, 0.5) is 5.82 Å². The topological polar surface area (TPSA) is 165 Å². The van der Waals surface area contributed by atoms with Gasteiger partial charge in [-0.1, -0.05) is 20.3 Å². The first-order chi connectivity index (χ1) is 18.7. The lowest BCUT2D eigenvalue weighted by atomic mass is 10.1. The summed E-state index contributed by atoms with van der Waals surface area (Å²) < 4.78 is 25.7. The summed E-state index contributed by atoms with van der Waals surface area (Å²) in [6.07, 6.45) is 7.72. The summed E-state index contributed by atoms with van der Waals surface area (Å²) in [6, 6.07) is 2.92. The zero-order chi connectivity index (χ0) is 27.7. The van der Waals surface area contributed by atoms with Gasteiger partial charge in [-0.15, -0.1) is 0 Å². The van der Waals surface area contributed by atoms with Gasteiger partial charge in [0.25, 0.3) is 11.1 Å². The summed E-state index contributed by atoms with van der Waals surface area (Å²) in [7, 11) is -3.35. The number of hydrogen-bond acceptors (Lipinski definition) is 10. The van der Waals surface area contributed by atoms with Crippen LogP contribution in [-0.2, 0) is 16.4 Å². The summed E-state index contributed by atoms with van der Waals surface area (Å²) in [5.41, 5.74) is 1.60. The first-order valence-corrected chi connectivity index (χ1v) is 14.7. The molecule has 0 spiro atoms. The van der Waals surface area contributed by atoms with Crippen LogP contribution in [-0.4, -0.2) is 48.6 Å². The van der Waals surface area contributed by atoms with E-state index >= 15 is 0 Å². The monoisotopic (exact) mass is 550 g/mol. The Hall–Kier alpha value is -4.00. The predicted molar refractivity (Wildman–Crippen MR) is 146 cm³/mol. The van der Waals surface area contributed by atoms with Gasteiger partial charge in [-0.2, -0.15) is 0 Å². The number of hydrogen-bond donors (Lipinski definition) is 2. The van der Waals surface area contributed by atoms with Crippen LogP contribution in [0, 0.1) is 0 Å². The first-order valence-electron chi connectivity index (χ1n) is 13.0. The Balaban J connectivity index is 1.54. The molecule has 0 amide bonds. The van der Waals surface area contributed by atoms with Gasteiger partial charge >= 0.3 is 0 Å². The number of nitrogens with one attached hydrogen (secondary N) is 2. The van der Waals surface area contributed by atoms with Crippen molar-refractivity contribution in [2.45, 2.75) is 69.9 Å². The molecule has 204 valence electrons. The Kier molecular flexibility index (Phi) is 7.25. The third-order valence-corrected chi connectivity index (χ3v) is 8.54. The molecule has 1 aliphatic rings. The molecular weight excluding hydrogens is 520 g/mol. The van der Waals surface area contributed by atoms with Crippen molar-refractivity contribution in [1.82, 2.24) is 34.5 Å². The van der Waals surface area contributed by atoms with Gasteiger partial charge in [-0.05, 0) is 38.3 Å². The van der Waals surface area contributed by atoms with Gasteiger partial charge in [0.15, 0.2) is 27.1 Å². The molecule has 4 aromatic rings. The van der Waals surface area contributed by atoms with Gasteiger partial charge in [0.2, 0.25) is 0 Å². The number of H-pyrrole nitrogens is 1. The Labute approximate surface area is 224 Å². The number of anilines is 1. The van der Waals surface area contributed by atoms with Crippen LogP contribution in [0.3, 0.4) is 0 Å². The Morgan fingerprint density at radius 2 is 1.90 bits per heavy atom. The molecule has 0 bridgehead atoms. The van der Waals surface area contributed by atoms with E-state index in [1.165, 1.54) is 24.8 Å². The highest BCUT2D eigenvalue weighted by molar-refractivity contribution is 7.91. The van der Waals surface area contributed by atoms with Crippen LogP contribution >= 0.6 is 0 Å². The molecule has 0 aliphatic heterocycles. The van der Waals surface area contributed by atoms with Gasteiger partial charge in [0.1, 0.15) is 11.1 Å². The third kappa shape index (κ3) is 5.31. The Morgan fingerprint density at radius 1 is 1.10 bits per heavy atom. The molecule has 1 fully saturated rings. The number of rotatable bonds is 10. The second-order valence-corrected chi connectivity index (χ2v) is 12.0. The van der Waals surface area contributed by atoms with Crippen molar-refractivity contribution in [3.63, 3.8) is 0 Å². The lowest BCUT2D eigenvalue weighted by Gasteiger charge is -2.18. The standard InChI is InChI=1S/C26H30N8O4S/c1-4-6-15(3)34-24-19(13-29-22(33-24)20-21(16-7-8-16)30-14-31-25(20)35)32-23(26(34)36)28-11-17-9-10-18(12-27-17)39(37,38)5-2/h9-10,12-16H,4-8,11H2,1-3H3,(H,28,32)(H,30,31,35)/t15-/m1/s1. The number of nitrogens with zero attached hydrogens (tertiary/aromatic N) is 6. The SMILES string of the molecule is CCC[C@@H](C)n1c(=O)c(NCc2ccc(S(=O)(=O)CC)cn2)nc2cnc(-c3c(C4CC4)nc[nH]c3=O)nc21. The number of sulfone groups is 1. The van der Waals surface area contributed by atoms with Crippen LogP contribution in [0.15, 0.2) is 45.3 Å². The molecule has 13 heteroatoms. The van der Waals surface area contributed by atoms with E-state index in [1.54, 1.807) is 17.6 Å². The summed E-state index contributed by atoms with van der Waals surface area (Å²) in [4.78, 5) is 51.4. The Bertz CT molecular complexity index is 1750. The van der Waals surface area contributed by atoms with E-state index < -0.39 is 9.84 Å². The maximum atomic E-state index is 13.6. The molecule has 4 aromatic heterocycles. The third-order valence-electron chi connectivity index (χ3n) is 6.82. The molecule has 1 aliphatic carbocycles. The zero-order valence-electron chi connectivity index (χ0n) is 22.0. The van der Waals surface area contributed by atoms with E-state index in [4.69, 9.17) is 0 Å². The molecule has 2 N–H and O–H groups in total. The molecule has 4 heterocycles. The second-order valence-electron chi connectivity index (χ2n) is 9.68. The number of pyridine rings is 1. The van der Waals surface area contributed by atoms with E-state index in [9.17, 15) is 18.0 Å². The van der Waals surface area contributed by atoms with Crippen LogP contribution in [0.2, 0.25) is 0 Å². The number of aromatic amines is 1. The summed E-state index contributed by atoms with van der Waals surface area (Å²) >= 11 is 0. The van der Waals surface area contributed by atoms with Crippen LogP contribution < -0.4 is 16.4 Å². The fraction of sp³-hybridized carbons (Fsp3) is 0.423. The number of fused-ring (bicyclic) bond motifs is 1. The fourth-order valence-corrected chi connectivity index (χ4v) is 5.35. The van der Waals surface area contributed by atoms with Crippen LogP contribution in [0.5, 0.6) is 0 Å². The van der Waals surface area contributed by atoms with Crippen molar-refractivity contribution < 1.29 is 8.42 Å². The molecular formula is C26H30N8O4S. The van der Waals surface area contributed by atoms with E-state index in [1.807, 2.05) is 13.8 Å². The fourth-order valence-electron chi connectivity index (χ4n) is 4.53. The minimum absolute atomic E-state index is 0.0103. The molecule has 0 aromatic carbocycles. The average Bonchev–Trinajstić information content (AvgIpc) is 3.77. The van der Waals surface area contributed by atoms with Crippen molar-refractivity contribution in [2.24, 2.45) is 0 Å². The van der Waals surface area contributed by atoms with E-state index in [0.717, 1.165) is 25.7 Å². The lowest BCUT2D eigenvalue weighted by molar-refractivity contribution is 0.497. The maximum absolute atomic E-state index is 13.6. The summed E-state index contributed by atoms with van der Waals surface area (Å²) in [6.45, 7) is 5.72. The molecule has 1 saturated carbocycles. The van der Waals surface area contributed by atoms with Crippen molar-refractivity contribution in [1.29, 1.82) is 0 Å². The normalized spacial score (nSPS) is 14.4. The van der Waals surface area contributed by atoms with Crippen molar-refractivity contribution >= 4 is 26.8 Å². The zero-order valence-corrected chi connectivity index (χ0v) is 22.8. The van der Waals surface area contributed by atoms with Gasteiger partial charge < -0.3 is 10.3 Å². The minimum Gasteiger partial charge on any atom is -0.360 e. The largest absolute Gasteiger partial charge is 0.360 e. The van der Waals surface area contributed by atoms with Crippen LogP contribution in [0.25, 0.3) is 22.6 Å². The van der Waals surface area contributed by atoms with E-state index in [0.29, 0.717) is 28.1 Å². The molecule has 0 radical (unpaired) electrons. The predicted octanol–water partition coefficient (Wildman–Crippen LogP) is 2.98. The smallest absolute Gasteiger partial charge is 0.295 e.